The number of carbonyl (C=O) groups is 3. The zero-order valence-electron chi connectivity index (χ0n) is 22.2. The Labute approximate surface area is 234 Å². The van der Waals surface area contributed by atoms with Crippen molar-refractivity contribution in [1.82, 2.24) is 4.90 Å². The van der Waals surface area contributed by atoms with Gasteiger partial charge in [0.1, 0.15) is 22.8 Å². The second kappa shape index (κ2) is 11.7. The molecule has 0 aliphatic heterocycles. The van der Waals surface area contributed by atoms with E-state index < -0.39 is 86.0 Å². The minimum Gasteiger partial charge on any atom is -0.510 e. The molecule has 16 heteroatoms. The van der Waals surface area contributed by atoms with Gasteiger partial charge in [-0.3, -0.25) is 23.8 Å². The van der Waals surface area contributed by atoms with Crippen LogP contribution in [0.2, 0.25) is 0 Å². The number of aliphatic hydroxyl groups is 4. The van der Waals surface area contributed by atoms with Crippen molar-refractivity contribution >= 4 is 27.9 Å². The van der Waals surface area contributed by atoms with Gasteiger partial charge >= 0.3 is 10.4 Å². The molecule has 41 heavy (non-hydrogen) atoms. The van der Waals surface area contributed by atoms with Crippen LogP contribution in [-0.4, -0.2) is 105 Å². The largest absolute Gasteiger partial charge is 0.510 e. The number of benzene rings is 1. The number of hydrogen-bond acceptors (Lipinski definition) is 12. The maximum absolute atomic E-state index is 13.3. The molecule has 1 aromatic carbocycles. The van der Waals surface area contributed by atoms with Crippen LogP contribution in [0.1, 0.15) is 28.8 Å². The van der Waals surface area contributed by atoms with Crippen molar-refractivity contribution < 1.29 is 62.5 Å². The number of primary amides is 1. The minimum atomic E-state index is -4.26. The van der Waals surface area contributed by atoms with E-state index in [0.29, 0.717) is 5.56 Å². The molecule has 0 unspecified atom stereocenters. The summed E-state index contributed by atoms with van der Waals surface area (Å²) in [6.07, 6.45) is -0.374. The van der Waals surface area contributed by atoms with Crippen molar-refractivity contribution in [1.29, 1.82) is 0 Å². The average Bonchev–Trinajstić information content (AvgIpc) is 2.84. The number of aliphatic hydroxyl groups excluding tert-OH is 3. The molecule has 3 aliphatic rings. The fraction of sp³-hybridized carbons (Fsp3) is 0.400. The summed E-state index contributed by atoms with van der Waals surface area (Å²) in [5, 5.41) is 55.0. The van der Waals surface area contributed by atoms with Gasteiger partial charge in [0, 0.05) is 11.5 Å². The highest BCUT2D eigenvalue weighted by molar-refractivity contribution is 7.80. The Kier molecular flexibility index (Phi) is 9.57. The van der Waals surface area contributed by atoms with E-state index in [-0.39, 0.29) is 23.4 Å². The third-order valence-corrected chi connectivity index (χ3v) is 7.76. The maximum atomic E-state index is 13.3. The lowest BCUT2D eigenvalue weighted by Crippen LogP contribution is -2.68. The number of likely N-dealkylation sites (N-methyl/N-ethyl adjacent to an activating group) is 1. The molecule has 6 atom stereocenters. The molecule has 0 radical (unpaired) electrons. The Bertz CT molecular complexity index is 1450. The number of Topliss-reactive ketones (excluding diaryl/α,β-unsaturated/α-hetero) is 2. The molecule has 10 N–H and O–H groups in total. The summed E-state index contributed by atoms with van der Waals surface area (Å²) in [7, 11) is -1.28. The van der Waals surface area contributed by atoms with Crippen LogP contribution < -0.4 is 5.73 Å². The van der Waals surface area contributed by atoms with Crippen LogP contribution in [0.25, 0.3) is 0 Å². The quantitative estimate of drug-likeness (QED) is 0.119. The maximum Gasteiger partial charge on any atom is 0.397 e. The molecule has 0 bridgehead atoms. The molecule has 0 saturated heterocycles. The Morgan fingerprint density at radius 3 is 2.27 bits per heavy atom. The summed E-state index contributed by atoms with van der Waals surface area (Å²) >= 11 is 0. The van der Waals surface area contributed by atoms with Crippen molar-refractivity contribution in [2.24, 2.45) is 17.6 Å². The first-order chi connectivity index (χ1) is 18.4. The Morgan fingerprint density at radius 2 is 1.80 bits per heavy atom. The number of ketones is 2. The molecule has 226 valence electrons. The number of rotatable bonds is 5. The van der Waals surface area contributed by atoms with Crippen molar-refractivity contribution in [2.45, 2.75) is 30.6 Å². The molecule has 1 amide bonds. The molecule has 0 spiro atoms. The predicted octanol–water partition coefficient (Wildman–Crippen LogP) is -1.18. The molecular formula is C25H32N2O13S. The van der Waals surface area contributed by atoms with Crippen LogP contribution in [0.3, 0.4) is 0 Å². The summed E-state index contributed by atoms with van der Waals surface area (Å²) in [6, 6.07) is 3.17. The van der Waals surface area contributed by atoms with E-state index in [0.717, 1.165) is 0 Å². The van der Waals surface area contributed by atoms with Gasteiger partial charge < -0.3 is 36.7 Å². The lowest BCUT2D eigenvalue weighted by Gasteiger charge is -2.53. The van der Waals surface area contributed by atoms with Gasteiger partial charge in [0.05, 0.1) is 30.2 Å². The highest BCUT2D eigenvalue weighted by Crippen LogP contribution is 2.55. The van der Waals surface area contributed by atoms with Crippen molar-refractivity contribution in [3.8, 4) is 5.75 Å². The topological polar surface area (TPSA) is 277 Å². The number of hydrogen-bond donors (Lipinski definition) is 7. The van der Waals surface area contributed by atoms with Gasteiger partial charge in [-0.1, -0.05) is 25.1 Å². The van der Waals surface area contributed by atoms with Gasteiger partial charge in [0.15, 0.2) is 11.4 Å². The third-order valence-electron chi connectivity index (χ3n) is 7.33. The first-order valence-electron chi connectivity index (χ1n) is 11.8. The fourth-order valence-corrected chi connectivity index (χ4v) is 5.98. The summed E-state index contributed by atoms with van der Waals surface area (Å²) in [6.45, 7) is 4.64. The Balaban J connectivity index is 0.000000574. The summed E-state index contributed by atoms with van der Waals surface area (Å²) < 4.78 is 31.0. The van der Waals surface area contributed by atoms with Crippen LogP contribution in [0.5, 0.6) is 5.75 Å². The van der Waals surface area contributed by atoms with Gasteiger partial charge in [-0.05, 0) is 31.6 Å². The lowest BCUT2D eigenvalue weighted by molar-refractivity contribution is -0.162. The van der Waals surface area contributed by atoms with E-state index in [1.54, 1.807) is 19.1 Å². The van der Waals surface area contributed by atoms with Gasteiger partial charge in [0.2, 0.25) is 5.78 Å². The SMILES string of the molecule is C=CCOS(=O)(=O)O.C[C@H]1c2cccc(O)c2C(=O)C2=C(O)[C@]3(O)C(=O)C(C(N)=O)=C(O)[C@@H](N(C)C)[C@@H]3[C@@H](O)[C@@H]21.O. The number of fused-ring (bicyclic) bond motifs is 3. The first kappa shape index (κ1) is 33.6. The average molecular weight is 601 g/mol. The van der Waals surface area contributed by atoms with E-state index in [4.69, 9.17) is 10.3 Å². The van der Waals surface area contributed by atoms with E-state index in [9.17, 15) is 48.3 Å². The molecule has 1 aromatic rings. The summed E-state index contributed by atoms with van der Waals surface area (Å²) in [4.78, 5) is 39.8. The van der Waals surface area contributed by atoms with Crippen LogP contribution in [0.4, 0.5) is 0 Å². The molecule has 15 nitrogen and oxygen atoms in total. The van der Waals surface area contributed by atoms with Gasteiger partial charge in [-0.25, -0.2) is 4.18 Å². The van der Waals surface area contributed by atoms with Crippen LogP contribution in [0, 0.1) is 11.8 Å². The predicted molar refractivity (Wildman–Crippen MR) is 141 cm³/mol. The summed E-state index contributed by atoms with van der Waals surface area (Å²) in [5.41, 5.74) is 1.36. The monoisotopic (exact) mass is 600 g/mol. The zero-order valence-corrected chi connectivity index (χ0v) is 23.0. The Hall–Kier alpha value is -3.64. The highest BCUT2D eigenvalue weighted by Gasteiger charge is 2.67. The summed E-state index contributed by atoms with van der Waals surface area (Å²) in [5.74, 6) is -8.86. The fourth-order valence-electron chi connectivity index (χ4n) is 5.72. The standard InChI is InChI=1S/C22H24N2O8.C3H6O4S.H2O/c1-7-8-5-4-6-9(25)11(8)16(26)12-10(7)17(27)14-15(24(2)3)18(28)13(21(23)31)20(30)22(14,32)19(12)29;1-2-3-7-8(4,5)6;/h4-7,10,14-15,17,25,27-29,32H,1-3H3,(H2,23,31);2H,1,3H2,(H,4,5,6);1H2/t7-,10+,14+,15-,17-,22-;;/m0../s1. The molecule has 4 rings (SSSR count). The number of phenolic OH excluding ortho intramolecular Hbond substituents is 1. The van der Waals surface area contributed by atoms with Crippen molar-refractivity contribution in [3.63, 3.8) is 0 Å². The van der Waals surface area contributed by atoms with E-state index in [1.165, 1.54) is 31.1 Å². The van der Waals surface area contributed by atoms with Crippen LogP contribution >= 0.6 is 0 Å². The van der Waals surface area contributed by atoms with Crippen LogP contribution in [0.15, 0.2) is 53.5 Å². The second-order valence-electron chi connectivity index (χ2n) is 9.79. The molecular weight excluding hydrogens is 568 g/mol. The lowest BCUT2D eigenvalue weighted by atomic mass is 9.55. The minimum absolute atomic E-state index is 0. The van der Waals surface area contributed by atoms with E-state index in [1.807, 2.05) is 0 Å². The van der Waals surface area contributed by atoms with Gasteiger partial charge in [-0.2, -0.15) is 8.42 Å². The van der Waals surface area contributed by atoms with Crippen molar-refractivity contribution in [2.75, 3.05) is 20.7 Å². The van der Waals surface area contributed by atoms with E-state index in [2.05, 4.69) is 10.8 Å². The third kappa shape index (κ3) is 5.38. The molecule has 0 heterocycles. The normalized spacial score (nSPS) is 29.0. The second-order valence-corrected chi connectivity index (χ2v) is 10.9. The van der Waals surface area contributed by atoms with Gasteiger partial charge in [0.25, 0.3) is 5.91 Å². The molecule has 0 fully saturated rings. The number of nitrogens with two attached hydrogens (primary N) is 1. The smallest absolute Gasteiger partial charge is 0.397 e. The molecule has 0 saturated carbocycles. The number of phenols is 1. The number of amides is 1. The highest BCUT2D eigenvalue weighted by atomic mass is 32.3. The van der Waals surface area contributed by atoms with E-state index >= 15 is 0 Å². The molecule has 3 aliphatic carbocycles. The number of aromatic hydroxyl groups is 1. The zero-order chi connectivity index (χ0) is 30.5. The first-order valence-corrected chi connectivity index (χ1v) is 13.2. The number of carbonyl (C=O) groups excluding carboxylic acids is 3. The van der Waals surface area contributed by atoms with Crippen LogP contribution in [-0.2, 0) is 24.2 Å². The van der Waals surface area contributed by atoms with Gasteiger partial charge in [-0.15, -0.1) is 6.58 Å². The number of nitrogens with zero attached hydrogens (tertiary/aromatic N) is 1. The Morgan fingerprint density at radius 1 is 1.22 bits per heavy atom. The van der Waals surface area contributed by atoms with Crippen molar-refractivity contribution in [3.05, 3.63) is 64.6 Å². The molecule has 0 aromatic heterocycles.